The molecule has 1 aliphatic carbocycles. The van der Waals surface area contributed by atoms with E-state index in [-0.39, 0.29) is 5.25 Å². The van der Waals surface area contributed by atoms with Crippen LogP contribution in [0.3, 0.4) is 0 Å². The van der Waals surface area contributed by atoms with E-state index in [9.17, 15) is 8.42 Å². The molecule has 1 aliphatic rings. The maximum atomic E-state index is 11.9. The SMILES string of the molecule is Cc1ccc2nc(-c3ccc(NS(=O)(=O)C4CC4)cc3)[nH]c2c1. The van der Waals surface area contributed by atoms with Gasteiger partial charge in [0, 0.05) is 11.3 Å². The fourth-order valence-electron chi connectivity index (χ4n) is 2.58. The van der Waals surface area contributed by atoms with Crippen molar-refractivity contribution in [3.05, 3.63) is 48.0 Å². The van der Waals surface area contributed by atoms with Gasteiger partial charge in [-0.2, -0.15) is 0 Å². The first-order chi connectivity index (χ1) is 11.0. The van der Waals surface area contributed by atoms with Gasteiger partial charge >= 0.3 is 0 Å². The molecule has 6 heteroatoms. The Morgan fingerprint density at radius 2 is 1.87 bits per heavy atom. The second kappa shape index (κ2) is 5.09. The lowest BCUT2D eigenvalue weighted by atomic mass is 10.2. The molecule has 0 unspecified atom stereocenters. The van der Waals surface area contributed by atoms with Crippen LogP contribution in [0.15, 0.2) is 42.5 Å². The summed E-state index contributed by atoms with van der Waals surface area (Å²) < 4.78 is 26.5. The molecule has 1 fully saturated rings. The summed E-state index contributed by atoms with van der Waals surface area (Å²) in [7, 11) is -3.22. The number of anilines is 1. The third-order valence-corrected chi connectivity index (χ3v) is 5.89. The minimum absolute atomic E-state index is 0.221. The molecule has 0 radical (unpaired) electrons. The minimum atomic E-state index is -3.22. The van der Waals surface area contributed by atoms with Gasteiger partial charge in [0.15, 0.2) is 0 Å². The first-order valence-corrected chi connectivity index (χ1v) is 9.14. The molecule has 5 nitrogen and oxygen atoms in total. The number of imidazole rings is 1. The highest BCUT2D eigenvalue weighted by atomic mass is 32.2. The molecule has 0 bridgehead atoms. The first kappa shape index (κ1) is 14.3. The largest absolute Gasteiger partial charge is 0.338 e. The molecule has 4 rings (SSSR count). The zero-order chi connectivity index (χ0) is 16.0. The summed E-state index contributed by atoms with van der Waals surface area (Å²) in [5.41, 5.74) is 4.61. The van der Waals surface area contributed by atoms with Crippen LogP contribution in [0, 0.1) is 6.92 Å². The summed E-state index contributed by atoms with van der Waals surface area (Å²) in [6.45, 7) is 2.04. The lowest BCUT2D eigenvalue weighted by Gasteiger charge is -2.07. The molecule has 1 aromatic heterocycles. The summed E-state index contributed by atoms with van der Waals surface area (Å²) in [6.07, 6.45) is 1.51. The van der Waals surface area contributed by atoms with Crippen LogP contribution < -0.4 is 4.72 Å². The van der Waals surface area contributed by atoms with E-state index in [2.05, 4.69) is 20.8 Å². The molecule has 0 aliphatic heterocycles. The summed E-state index contributed by atoms with van der Waals surface area (Å²) in [5.74, 6) is 0.780. The van der Waals surface area contributed by atoms with Gasteiger partial charge in [0.2, 0.25) is 10.0 Å². The Morgan fingerprint density at radius 3 is 2.57 bits per heavy atom. The molecule has 0 spiro atoms. The third kappa shape index (κ3) is 2.82. The molecule has 3 aromatic rings. The number of aryl methyl sites for hydroxylation is 1. The molecule has 23 heavy (non-hydrogen) atoms. The number of H-pyrrole nitrogens is 1. The van der Waals surface area contributed by atoms with Gasteiger partial charge < -0.3 is 4.98 Å². The highest BCUT2D eigenvalue weighted by Crippen LogP contribution is 2.30. The molecule has 0 atom stereocenters. The van der Waals surface area contributed by atoms with Gasteiger partial charge in [-0.15, -0.1) is 0 Å². The smallest absolute Gasteiger partial charge is 0.235 e. The van der Waals surface area contributed by atoms with Gasteiger partial charge in [-0.25, -0.2) is 13.4 Å². The number of sulfonamides is 1. The van der Waals surface area contributed by atoms with E-state index in [1.165, 1.54) is 5.56 Å². The number of nitrogens with zero attached hydrogens (tertiary/aromatic N) is 1. The van der Waals surface area contributed by atoms with Gasteiger partial charge in [-0.1, -0.05) is 6.07 Å². The van der Waals surface area contributed by atoms with Crippen molar-refractivity contribution in [1.82, 2.24) is 9.97 Å². The third-order valence-electron chi connectivity index (χ3n) is 4.02. The van der Waals surface area contributed by atoms with Gasteiger partial charge in [-0.3, -0.25) is 4.72 Å². The summed E-state index contributed by atoms with van der Waals surface area (Å²) in [5, 5.41) is -0.221. The fraction of sp³-hybridized carbons (Fsp3) is 0.235. The van der Waals surface area contributed by atoms with E-state index in [0.717, 1.165) is 35.3 Å². The van der Waals surface area contributed by atoms with E-state index >= 15 is 0 Å². The van der Waals surface area contributed by atoms with Gasteiger partial charge in [-0.05, 0) is 61.7 Å². The van der Waals surface area contributed by atoms with Crippen LogP contribution in [-0.2, 0) is 10.0 Å². The predicted octanol–water partition coefficient (Wildman–Crippen LogP) is 3.44. The number of fused-ring (bicyclic) bond motifs is 1. The van der Waals surface area contributed by atoms with Crippen molar-refractivity contribution >= 4 is 26.7 Å². The van der Waals surface area contributed by atoms with Gasteiger partial charge in [0.1, 0.15) is 5.82 Å². The normalized spacial score (nSPS) is 15.0. The molecule has 118 valence electrons. The van der Waals surface area contributed by atoms with Crippen molar-refractivity contribution in [3.63, 3.8) is 0 Å². The second-order valence-corrected chi connectivity index (χ2v) is 7.99. The fourth-order valence-corrected chi connectivity index (χ4v) is 3.97. The van der Waals surface area contributed by atoms with Crippen LogP contribution in [0.4, 0.5) is 5.69 Å². The van der Waals surface area contributed by atoms with Crippen molar-refractivity contribution in [2.75, 3.05) is 4.72 Å². The number of hydrogen-bond donors (Lipinski definition) is 2. The summed E-state index contributed by atoms with van der Waals surface area (Å²) in [6, 6.07) is 13.4. The van der Waals surface area contributed by atoms with Gasteiger partial charge in [0.05, 0.1) is 16.3 Å². The average molecular weight is 327 g/mol. The van der Waals surface area contributed by atoms with Crippen molar-refractivity contribution < 1.29 is 8.42 Å². The van der Waals surface area contributed by atoms with Crippen molar-refractivity contribution in [2.45, 2.75) is 25.0 Å². The maximum absolute atomic E-state index is 11.9. The Balaban J connectivity index is 1.61. The van der Waals surface area contributed by atoms with E-state index in [0.29, 0.717) is 5.69 Å². The lowest BCUT2D eigenvalue weighted by molar-refractivity contribution is 0.600. The molecular weight excluding hydrogens is 310 g/mol. The zero-order valence-electron chi connectivity index (χ0n) is 12.7. The molecular formula is C17H17N3O2S. The molecule has 2 N–H and O–H groups in total. The predicted molar refractivity (Wildman–Crippen MR) is 91.8 cm³/mol. The molecule has 2 aromatic carbocycles. The Labute approximate surface area is 134 Å². The van der Waals surface area contributed by atoms with Crippen LogP contribution >= 0.6 is 0 Å². The molecule has 1 saturated carbocycles. The number of aromatic amines is 1. The number of aromatic nitrogens is 2. The van der Waals surface area contributed by atoms with E-state index in [1.54, 1.807) is 12.1 Å². The van der Waals surface area contributed by atoms with Crippen molar-refractivity contribution in [1.29, 1.82) is 0 Å². The van der Waals surface area contributed by atoms with Crippen LogP contribution in [0.1, 0.15) is 18.4 Å². The summed E-state index contributed by atoms with van der Waals surface area (Å²) in [4.78, 5) is 7.87. The topological polar surface area (TPSA) is 74.8 Å². The van der Waals surface area contributed by atoms with Crippen LogP contribution in [0.2, 0.25) is 0 Å². The Bertz CT molecular complexity index is 971. The van der Waals surface area contributed by atoms with Gasteiger partial charge in [0.25, 0.3) is 0 Å². The van der Waals surface area contributed by atoms with Crippen molar-refractivity contribution in [2.24, 2.45) is 0 Å². The number of rotatable bonds is 4. The monoisotopic (exact) mass is 327 g/mol. The molecule has 0 saturated heterocycles. The van der Waals surface area contributed by atoms with E-state index in [4.69, 9.17) is 0 Å². The van der Waals surface area contributed by atoms with E-state index in [1.807, 2.05) is 31.2 Å². The number of nitrogens with one attached hydrogen (secondary N) is 2. The second-order valence-electron chi connectivity index (χ2n) is 6.03. The highest BCUT2D eigenvalue weighted by Gasteiger charge is 2.35. The molecule has 1 heterocycles. The standard InChI is InChI=1S/C17H17N3O2S/c1-11-2-9-15-16(10-11)19-17(18-15)12-3-5-13(6-4-12)20-23(21,22)14-7-8-14/h2-6,9-10,14,20H,7-8H2,1H3,(H,18,19). The average Bonchev–Trinajstić information content (AvgIpc) is 3.29. The summed E-state index contributed by atoms with van der Waals surface area (Å²) >= 11 is 0. The Hall–Kier alpha value is -2.34. The maximum Gasteiger partial charge on any atom is 0.235 e. The highest BCUT2D eigenvalue weighted by molar-refractivity contribution is 7.93. The Kier molecular flexibility index (Phi) is 3.16. The van der Waals surface area contributed by atoms with Crippen LogP contribution in [0.5, 0.6) is 0 Å². The van der Waals surface area contributed by atoms with Crippen LogP contribution in [0.25, 0.3) is 22.4 Å². The van der Waals surface area contributed by atoms with E-state index < -0.39 is 10.0 Å². The number of hydrogen-bond acceptors (Lipinski definition) is 3. The van der Waals surface area contributed by atoms with Crippen molar-refractivity contribution in [3.8, 4) is 11.4 Å². The lowest BCUT2D eigenvalue weighted by Crippen LogP contribution is -2.17. The molecule has 0 amide bonds. The number of benzene rings is 2. The Morgan fingerprint density at radius 1 is 1.13 bits per heavy atom. The van der Waals surface area contributed by atoms with Crippen LogP contribution in [-0.4, -0.2) is 23.6 Å². The quantitative estimate of drug-likeness (QED) is 0.771. The first-order valence-electron chi connectivity index (χ1n) is 7.60. The zero-order valence-corrected chi connectivity index (χ0v) is 13.5. The minimum Gasteiger partial charge on any atom is -0.338 e.